The highest BCUT2D eigenvalue weighted by Gasteiger charge is 2.35. The van der Waals surface area contributed by atoms with Crippen molar-refractivity contribution in [3.05, 3.63) is 41.4 Å². The third kappa shape index (κ3) is 4.20. The molecule has 0 saturated carbocycles. The number of benzene rings is 2. The maximum atomic E-state index is 12.7. The lowest BCUT2D eigenvalue weighted by Gasteiger charge is -2.18. The normalized spacial score (nSPS) is 16.2. The molecule has 3 rings (SSSR count). The van der Waals surface area contributed by atoms with E-state index in [2.05, 4.69) is 5.32 Å². The molecule has 28 heavy (non-hydrogen) atoms. The predicted octanol–water partition coefficient (Wildman–Crippen LogP) is 4.07. The lowest BCUT2D eigenvalue weighted by atomic mass is 10.1. The van der Waals surface area contributed by atoms with Crippen LogP contribution in [0.2, 0.25) is 5.02 Å². The minimum atomic E-state index is -0.460. The van der Waals surface area contributed by atoms with Crippen LogP contribution in [0.25, 0.3) is 0 Å². The number of carbonyl (C=O) groups excluding carboxylic acids is 2. The number of hydrogen-bond donors (Lipinski definition) is 1. The van der Waals surface area contributed by atoms with Crippen LogP contribution >= 0.6 is 23.4 Å². The maximum absolute atomic E-state index is 12.7. The predicted molar refractivity (Wildman–Crippen MR) is 112 cm³/mol. The molecule has 1 aliphatic rings. The second-order valence-electron chi connectivity index (χ2n) is 6.28. The first-order chi connectivity index (χ1) is 13.5. The summed E-state index contributed by atoms with van der Waals surface area (Å²) in [4.78, 5) is 27.9. The highest BCUT2D eigenvalue weighted by Crippen LogP contribution is 2.36. The van der Waals surface area contributed by atoms with Crippen molar-refractivity contribution in [2.75, 3.05) is 37.2 Å². The van der Waals surface area contributed by atoms with Gasteiger partial charge in [-0.05, 0) is 36.6 Å². The fourth-order valence-electron chi connectivity index (χ4n) is 3.09. The Kier molecular flexibility index (Phi) is 6.36. The van der Waals surface area contributed by atoms with Crippen molar-refractivity contribution in [2.45, 2.75) is 11.3 Å². The Morgan fingerprint density at radius 2 is 1.86 bits per heavy atom. The van der Waals surface area contributed by atoms with Gasteiger partial charge in [-0.15, -0.1) is 11.8 Å². The summed E-state index contributed by atoms with van der Waals surface area (Å²) >= 11 is 7.79. The van der Waals surface area contributed by atoms with Gasteiger partial charge in [0.15, 0.2) is 0 Å². The number of halogens is 1. The third-order valence-corrected chi connectivity index (χ3v) is 5.65. The topological polar surface area (TPSA) is 67.9 Å². The monoisotopic (exact) mass is 420 g/mol. The first-order valence-corrected chi connectivity index (χ1v) is 10.2. The Balaban J connectivity index is 1.73. The molecule has 8 heteroatoms. The zero-order valence-corrected chi connectivity index (χ0v) is 17.4. The summed E-state index contributed by atoms with van der Waals surface area (Å²) in [5, 5.41) is 3.18. The molecule has 148 valence electrons. The summed E-state index contributed by atoms with van der Waals surface area (Å²) < 4.78 is 10.5. The Bertz CT molecular complexity index is 889. The van der Waals surface area contributed by atoms with Crippen LogP contribution in [-0.4, -0.2) is 38.8 Å². The van der Waals surface area contributed by atoms with Gasteiger partial charge in [0.05, 0.1) is 30.8 Å². The van der Waals surface area contributed by atoms with Crippen molar-refractivity contribution in [1.29, 1.82) is 0 Å². The van der Waals surface area contributed by atoms with Crippen molar-refractivity contribution in [3.63, 3.8) is 0 Å². The number of ether oxygens (including phenoxy) is 2. The molecule has 1 saturated heterocycles. The van der Waals surface area contributed by atoms with Crippen LogP contribution in [0, 0.1) is 5.92 Å². The highest BCUT2D eigenvalue weighted by atomic mass is 35.5. The molecule has 0 bridgehead atoms. The van der Waals surface area contributed by atoms with Crippen molar-refractivity contribution in [1.82, 2.24) is 0 Å². The zero-order chi connectivity index (χ0) is 20.3. The van der Waals surface area contributed by atoms with E-state index in [9.17, 15) is 9.59 Å². The van der Waals surface area contributed by atoms with Crippen LogP contribution in [-0.2, 0) is 9.59 Å². The molecule has 1 atom stereocenters. The van der Waals surface area contributed by atoms with Crippen LogP contribution < -0.4 is 19.7 Å². The Labute approximate surface area is 173 Å². The van der Waals surface area contributed by atoms with Crippen molar-refractivity contribution < 1.29 is 19.1 Å². The first-order valence-electron chi connectivity index (χ1n) is 8.63. The van der Waals surface area contributed by atoms with Gasteiger partial charge in [0, 0.05) is 29.6 Å². The standard InChI is InChI=1S/C20H21ClN2O4S/c1-26-17-10-18(27-2)16(9-15(17)21)22-20(25)12-8-19(24)23(11-12)13-4-6-14(28-3)7-5-13/h4-7,9-10,12H,8,11H2,1-3H3,(H,22,25). The average molecular weight is 421 g/mol. The van der Waals surface area contributed by atoms with E-state index in [0.717, 1.165) is 10.6 Å². The van der Waals surface area contributed by atoms with E-state index in [1.807, 2.05) is 30.5 Å². The van der Waals surface area contributed by atoms with E-state index < -0.39 is 5.92 Å². The maximum Gasteiger partial charge on any atom is 0.229 e. The van der Waals surface area contributed by atoms with Crippen molar-refractivity contribution in [2.24, 2.45) is 5.92 Å². The van der Waals surface area contributed by atoms with Gasteiger partial charge in [-0.3, -0.25) is 9.59 Å². The van der Waals surface area contributed by atoms with E-state index in [1.165, 1.54) is 14.2 Å². The summed E-state index contributed by atoms with van der Waals surface area (Å²) in [6, 6.07) is 10.9. The fourth-order valence-corrected chi connectivity index (χ4v) is 3.74. The molecule has 2 amide bonds. The second kappa shape index (κ2) is 8.75. The number of rotatable bonds is 6. The Hall–Kier alpha value is -2.38. The van der Waals surface area contributed by atoms with Crippen molar-refractivity contribution >= 4 is 46.6 Å². The van der Waals surface area contributed by atoms with Crippen molar-refractivity contribution in [3.8, 4) is 11.5 Å². The summed E-state index contributed by atoms with van der Waals surface area (Å²) in [5.41, 5.74) is 1.23. The molecule has 0 aliphatic carbocycles. The number of anilines is 2. The van der Waals surface area contributed by atoms with Crippen LogP contribution in [0.3, 0.4) is 0 Å². The molecule has 0 spiro atoms. The molecular weight excluding hydrogens is 400 g/mol. The third-order valence-electron chi connectivity index (χ3n) is 4.61. The van der Waals surface area contributed by atoms with Gasteiger partial charge in [-0.1, -0.05) is 11.6 Å². The molecule has 1 fully saturated rings. The molecule has 1 unspecified atom stereocenters. The minimum Gasteiger partial charge on any atom is -0.495 e. The van der Waals surface area contributed by atoms with E-state index in [4.69, 9.17) is 21.1 Å². The van der Waals surface area contributed by atoms with Gasteiger partial charge in [0.2, 0.25) is 11.8 Å². The molecule has 1 heterocycles. The SMILES string of the molecule is COc1cc(OC)c(NC(=O)C2CC(=O)N(c3ccc(SC)cc3)C2)cc1Cl. The Morgan fingerprint density at radius 3 is 2.46 bits per heavy atom. The molecule has 2 aromatic rings. The van der Waals surface area contributed by atoms with Crippen LogP contribution in [0.15, 0.2) is 41.3 Å². The van der Waals surface area contributed by atoms with Crippen LogP contribution in [0.4, 0.5) is 11.4 Å². The molecule has 0 aromatic heterocycles. The largest absolute Gasteiger partial charge is 0.495 e. The molecule has 1 N–H and O–H groups in total. The van der Waals surface area contributed by atoms with E-state index in [0.29, 0.717) is 28.8 Å². The lowest BCUT2D eigenvalue weighted by Crippen LogP contribution is -2.28. The smallest absolute Gasteiger partial charge is 0.229 e. The number of amides is 2. The van der Waals surface area contributed by atoms with Gasteiger partial charge in [0.25, 0.3) is 0 Å². The number of methoxy groups -OCH3 is 2. The van der Waals surface area contributed by atoms with E-state index >= 15 is 0 Å². The fraction of sp³-hybridized carbons (Fsp3) is 0.300. The summed E-state index contributed by atoms with van der Waals surface area (Å²) in [6.07, 6.45) is 2.15. The number of nitrogens with zero attached hydrogens (tertiary/aromatic N) is 1. The molecule has 0 radical (unpaired) electrons. The molecule has 1 aliphatic heterocycles. The van der Waals surface area contributed by atoms with E-state index in [1.54, 1.807) is 28.8 Å². The van der Waals surface area contributed by atoms with Crippen LogP contribution in [0.5, 0.6) is 11.5 Å². The molecule has 2 aromatic carbocycles. The van der Waals surface area contributed by atoms with Gasteiger partial charge < -0.3 is 19.7 Å². The molecule has 6 nitrogen and oxygen atoms in total. The zero-order valence-electron chi connectivity index (χ0n) is 15.8. The summed E-state index contributed by atoms with van der Waals surface area (Å²) in [5.74, 6) is 0.0991. The summed E-state index contributed by atoms with van der Waals surface area (Å²) in [6.45, 7) is 0.329. The number of nitrogens with one attached hydrogen (secondary N) is 1. The van der Waals surface area contributed by atoms with E-state index in [-0.39, 0.29) is 18.2 Å². The Morgan fingerprint density at radius 1 is 1.18 bits per heavy atom. The highest BCUT2D eigenvalue weighted by molar-refractivity contribution is 7.98. The minimum absolute atomic E-state index is 0.0724. The molecular formula is C20H21ClN2O4S. The quantitative estimate of drug-likeness (QED) is 0.713. The second-order valence-corrected chi connectivity index (χ2v) is 7.57. The summed E-state index contributed by atoms with van der Waals surface area (Å²) in [7, 11) is 3.00. The van der Waals surface area contributed by atoms with Gasteiger partial charge in [-0.2, -0.15) is 0 Å². The van der Waals surface area contributed by atoms with Crippen LogP contribution in [0.1, 0.15) is 6.42 Å². The average Bonchev–Trinajstić information content (AvgIpc) is 3.10. The van der Waals surface area contributed by atoms with Gasteiger partial charge in [-0.25, -0.2) is 0 Å². The first kappa shape index (κ1) is 20.4. The van der Waals surface area contributed by atoms with Gasteiger partial charge >= 0.3 is 0 Å². The number of hydrogen-bond acceptors (Lipinski definition) is 5. The van der Waals surface area contributed by atoms with Gasteiger partial charge in [0.1, 0.15) is 11.5 Å². The lowest BCUT2D eigenvalue weighted by molar-refractivity contribution is -0.122. The number of thioether (sulfide) groups is 1. The number of carbonyl (C=O) groups is 2.